The van der Waals surface area contributed by atoms with Gasteiger partial charge >= 0.3 is 0 Å². The van der Waals surface area contributed by atoms with E-state index in [1.165, 1.54) is 12.1 Å². The smallest absolute Gasteiger partial charge is 0.167 e. The van der Waals surface area contributed by atoms with E-state index in [1.807, 2.05) is 18.2 Å². The van der Waals surface area contributed by atoms with Crippen molar-refractivity contribution in [1.82, 2.24) is 4.90 Å². The van der Waals surface area contributed by atoms with Crippen molar-refractivity contribution < 1.29 is 27.7 Å². The van der Waals surface area contributed by atoms with Crippen molar-refractivity contribution in [2.75, 3.05) is 40.5 Å². The summed E-state index contributed by atoms with van der Waals surface area (Å²) in [5, 5.41) is 0. The Hall–Kier alpha value is -2.38. The molecule has 2 aromatic carbocycles. The van der Waals surface area contributed by atoms with Crippen LogP contribution in [-0.2, 0) is 11.3 Å². The fourth-order valence-corrected chi connectivity index (χ4v) is 3.04. The van der Waals surface area contributed by atoms with Crippen molar-refractivity contribution in [3.63, 3.8) is 0 Å². The Kier molecular flexibility index (Phi) is 6.47. The number of nitrogens with zero attached hydrogens (tertiary/aromatic N) is 1. The van der Waals surface area contributed by atoms with Crippen molar-refractivity contribution in [2.45, 2.75) is 12.6 Å². The van der Waals surface area contributed by atoms with Crippen LogP contribution in [0.5, 0.6) is 17.2 Å². The Morgan fingerprint density at radius 1 is 1.04 bits per heavy atom. The second-order valence-electron chi connectivity index (χ2n) is 6.30. The molecule has 2 aromatic rings. The van der Waals surface area contributed by atoms with Gasteiger partial charge in [0, 0.05) is 25.7 Å². The average molecular weight is 379 g/mol. The normalized spacial score (nSPS) is 17.6. The molecule has 0 aliphatic carbocycles. The van der Waals surface area contributed by atoms with E-state index in [9.17, 15) is 8.78 Å². The van der Waals surface area contributed by atoms with Gasteiger partial charge in [-0.2, -0.15) is 0 Å². The van der Waals surface area contributed by atoms with E-state index in [1.54, 1.807) is 14.2 Å². The van der Waals surface area contributed by atoms with Gasteiger partial charge in [-0.25, -0.2) is 8.78 Å². The SMILES string of the molecule is COc1ccc(CN2CCOC(COc3ccc(F)cc3F)C2)cc1OC. The molecule has 3 rings (SSSR count). The van der Waals surface area contributed by atoms with Crippen molar-refractivity contribution in [1.29, 1.82) is 0 Å². The van der Waals surface area contributed by atoms with E-state index < -0.39 is 11.6 Å². The van der Waals surface area contributed by atoms with Crippen LogP contribution in [-0.4, -0.2) is 51.5 Å². The highest BCUT2D eigenvalue weighted by Gasteiger charge is 2.22. The summed E-state index contributed by atoms with van der Waals surface area (Å²) in [5.74, 6) is 0.0608. The first-order valence-electron chi connectivity index (χ1n) is 8.71. The van der Waals surface area contributed by atoms with Crippen LogP contribution in [0.1, 0.15) is 5.56 Å². The maximum atomic E-state index is 13.7. The van der Waals surface area contributed by atoms with Gasteiger partial charge in [-0.15, -0.1) is 0 Å². The molecule has 1 aliphatic heterocycles. The third kappa shape index (κ3) is 5.08. The lowest BCUT2D eigenvalue weighted by Gasteiger charge is -2.32. The minimum atomic E-state index is -0.715. The Bertz CT molecular complexity index is 772. The zero-order valence-corrected chi connectivity index (χ0v) is 15.4. The Balaban J connectivity index is 1.56. The first kappa shape index (κ1) is 19.4. The summed E-state index contributed by atoms with van der Waals surface area (Å²) >= 11 is 0. The van der Waals surface area contributed by atoms with E-state index in [4.69, 9.17) is 18.9 Å². The molecule has 1 aliphatic rings. The van der Waals surface area contributed by atoms with Crippen molar-refractivity contribution in [3.05, 3.63) is 53.6 Å². The zero-order valence-electron chi connectivity index (χ0n) is 15.4. The van der Waals surface area contributed by atoms with E-state index in [0.29, 0.717) is 24.7 Å². The number of ether oxygens (including phenoxy) is 4. The average Bonchev–Trinajstić information content (AvgIpc) is 2.67. The number of methoxy groups -OCH3 is 2. The molecule has 0 N–H and O–H groups in total. The first-order valence-corrected chi connectivity index (χ1v) is 8.71. The number of rotatable bonds is 7. The summed E-state index contributed by atoms with van der Waals surface area (Å²) < 4.78 is 48.4. The van der Waals surface area contributed by atoms with Crippen LogP contribution in [0.15, 0.2) is 36.4 Å². The molecular weight excluding hydrogens is 356 g/mol. The maximum Gasteiger partial charge on any atom is 0.167 e. The fraction of sp³-hybridized carbons (Fsp3) is 0.400. The first-order chi connectivity index (χ1) is 13.1. The highest BCUT2D eigenvalue weighted by Crippen LogP contribution is 2.28. The molecule has 0 radical (unpaired) electrons. The highest BCUT2D eigenvalue weighted by atomic mass is 19.1. The lowest BCUT2D eigenvalue weighted by molar-refractivity contribution is -0.0508. The van der Waals surface area contributed by atoms with E-state index in [2.05, 4.69) is 4.90 Å². The molecular formula is C20H23F2NO4. The molecule has 1 fully saturated rings. The van der Waals surface area contributed by atoms with E-state index in [0.717, 1.165) is 24.7 Å². The number of benzene rings is 2. The van der Waals surface area contributed by atoms with Crippen LogP contribution >= 0.6 is 0 Å². The van der Waals surface area contributed by atoms with Gasteiger partial charge in [0.15, 0.2) is 23.1 Å². The lowest BCUT2D eigenvalue weighted by Crippen LogP contribution is -2.44. The molecule has 1 saturated heterocycles. The third-order valence-electron chi connectivity index (χ3n) is 4.40. The monoisotopic (exact) mass is 379 g/mol. The Labute approximate surface area is 157 Å². The molecule has 0 bridgehead atoms. The van der Waals surface area contributed by atoms with Gasteiger partial charge < -0.3 is 18.9 Å². The zero-order chi connectivity index (χ0) is 19.2. The summed E-state index contributed by atoms with van der Waals surface area (Å²) in [5.41, 5.74) is 1.10. The molecule has 5 nitrogen and oxygen atoms in total. The molecule has 1 heterocycles. The molecule has 0 amide bonds. The van der Waals surface area contributed by atoms with Crippen molar-refractivity contribution in [3.8, 4) is 17.2 Å². The standard InChI is InChI=1S/C20H23F2NO4/c1-24-19-5-3-14(9-20(19)25-2)11-23-7-8-26-16(12-23)13-27-18-6-4-15(21)10-17(18)22/h3-6,9-10,16H,7-8,11-13H2,1-2H3. The predicted molar refractivity (Wildman–Crippen MR) is 96.4 cm³/mol. The third-order valence-corrected chi connectivity index (χ3v) is 4.40. The summed E-state index contributed by atoms with van der Waals surface area (Å²) in [6, 6.07) is 9.09. The Morgan fingerprint density at radius 2 is 1.81 bits per heavy atom. The molecule has 1 atom stereocenters. The predicted octanol–water partition coefficient (Wildman–Crippen LogP) is 3.26. The highest BCUT2D eigenvalue weighted by molar-refractivity contribution is 5.42. The minimum absolute atomic E-state index is 0.0250. The van der Waals surface area contributed by atoms with Crippen molar-refractivity contribution in [2.24, 2.45) is 0 Å². The maximum absolute atomic E-state index is 13.7. The molecule has 27 heavy (non-hydrogen) atoms. The van der Waals surface area contributed by atoms with Crippen LogP contribution in [0.2, 0.25) is 0 Å². The topological polar surface area (TPSA) is 40.2 Å². The molecule has 7 heteroatoms. The van der Waals surface area contributed by atoms with Crippen molar-refractivity contribution >= 4 is 0 Å². The van der Waals surface area contributed by atoms with Crippen LogP contribution in [0.4, 0.5) is 8.78 Å². The number of morpholine rings is 1. The second-order valence-corrected chi connectivity index (χ2v) is 6.30. The molecule has 1 unspecified atom stereocenters. The van der Waals surface area contributed by atoms with Crippen LogP contribution in [0.25, 0.3) is 0 Å². The van der Waals surface area contributed by atoms with Gasteiger partial charge in [-0.1, -0.05) is 6.07 Å². The van der Waals surface area contributed by atoms with Crippen LogP contribution < -0.4 is 14.2 Å². The van der Waals surface area contributed by atoms with E-state index >= 15 is 0 Å². The van der Waals surface area contributed by atoms with Gasteiger partial charge in [0.05, 0.1) is 20.8 Å². The molecule has 0 spiro atoms. The fourth-order valence-electron chi connectivity index (χ4n) is 3.04. The quantitative estimate of drug-likeness (QED) is 0.739. The van der Waals surface area contributed by atoms with Gasteiger partial charge in [-0.05, 0) is 29.8 Å². The van der Waals surface area contributed by atoms with E-state index in [-0.39, 0.29) is 18.5 Å². The second kappa shape index (κ2) is 9.01. The van der Waals surface area contributed by atoms with Gasteiger partial charge in [-0.3, -0.25) is 4.90 Å². The summed E-state index contributed by atoms with van der Waals surface area (Å²) in [6.07, 6.45) is -0.191. The summed E-state index contributed by atoms with van der Waals surface area (Å²) in [6.45, 7) is 2.93. The van der Waals surface area contributed by atoms with Gasteiger partial charge in [0.2, 0.25) is 0 Å². The number of halogens is 2. The van der Waals surface area contributed by atoms with Crippen LogP contribution in [0, 0.1) is 11.6 Å². The lowest BCUT2D eigenvalue weighted by atomic mass is 10.1. The molecule has 0 saturated carbocycles. The number of hydrogen-bond acceptors (Lipinski definition) is 5. The van der Waals surface area contributed by atoms with Gasteiger partial charge in [0.1, 0.15) is 18.5 Å². The number of hydrogen-bond donors (Lipinski definition) is 0. The molecule has 0 aromatic heterocycles. The summed E-state index contributed by atoms with van der Waals surface area (Å²) in [4.78, 5) is 2.24. The minimum Gasteiger partial charge on any atom is -0.493 e. The molecule has 146 valence electrons. The summed E-state index contributed by atoms with van der Waals surface area (Å²) in [7, 11) is 3.21. The van der Waals surface area contributed by atoms with Crippen LogP contribution in [0.3, 0.4) is 0 Å². The Morgan fingerprint density at radius 3 is 2.56 bits per heavy atom. The van der Waals surface area contributed by atoms with Gasteiger partial charge in [0.25, 0.3) is 0 Å². The largest absolute Gasteiger partial charge is 0.493 e.